The molecule has 76 valence electrons. The highest BCUT2D eigenvalue weighted by Crippen LogP contribution is 2.34. The number of phenolic OH excluding ortho intramolecular Hbond substituents is 1. The second kappa shape index (κ2) is 3.50. The summed E-state index contributed by atoms with van der Waals surface area (Å²) in [7, 11) is 1.65. The van der Waals surface area contributed by atoms with Crippen molar-refractivity contribution < 1.29 is 9.84 Å². The van der Waals surface area contributed by atoms with Gasteiger partial charge < -0.3 is 15.2 Å². The number of aryl methyl sites for hydroxylation is 1. The largest absolute Gasteiger partial charge is 0.508 e. The smallest absolute Gasteiger partial charge is 0.122 e. The van der Waals surface area contributed by atoms with Gasteiger partial charge in [-0.3, -0.25) is 0 Å². The average molecular weight is 193 g/mol. The van der Waals surface area contributed by atoms with E-state index in [1.165, 1.54) is 0 Å². The summed E-state index contributed by atoms with van der Waals surface area (Å²) in [6.45, 7) is 3.82. The topological polar surface area (TPSA) is 41.5 Å². The van der Waals surface area contributed by atoms with E-state index >= 15 is 0 Å². The van der Waals surface area contributed by atoms with Gasteiger partial charge in [0.1, 0.15) is 11.5 Å². The first kappa shape index (κ1) is 9.34. The number of ether oxygens (including phenoxy) is 1. The summed E-state index contributed by atoms with van der Waals surface area (Å²) in [5.74, 6) is 1.67. The van der Waals surface area contributed by atoms with Gasteiger partial charge in [-0.25, -0.2) is 0 Å². The highest BCUT2D eigenvalue weighted by atomic mass is 16.5. The lowest BCUT2D eigenvalue weighted by atomic mass is 9.92. The Labute approximate surface area is 83.7 Å². The third-order valence-electron chi connectivity index (χ3n) is 2.77. The molecule has 0 saturated carbocycles. The second-order valence-corrected chi connectivity index (χ2v) is 3.74. The van der Waals surface area contributed by atoms with Crippen LogP contribution in [0.1, 0.15) is 17.0 Å². The van der Waals surface area contributed by atoms with E-state index in [1.807, 2.05) is 13.0 Å². The van der Waals surface area contributed by atoms with Crippen molar-refractivity contribution in [3.8, 4) is 11.5 Å². The van der Waals surface area contributed by atoms with Crippen LogP contribution in [0.25, 0.3) is 0 Å². The first-order valence-corrected chi connectivity index (χ1v) is 4.80. The number of benzene rings is 1. The summed E-state index contributed by atoms with van der Waals surface area (Å²) < 4.78 is 5.23. The van der Waals surface area contributed by atoms with E-state index < -0.39 is 0 Å². The Kier molecular flexibility index (Phi) is 2.33. The molecule has 3 heteroatoms. The Hall–Kier alpha value is -1.22. The van der Waals surface area contributed by atoms with E-state index in [9.17, 15) is 5.11 Å². The Morgan fingerprint density at radius 1 is 1.43 bits per heavy atom. The monoisotopic (exact) mass is 193 g/mol. The van der Waals surface area contributed by atoms with Crippen molar-refractivity contribution in [2.75, 3.05) is 20.2 Å². The predicted molar refractivity (Wildman–Crippen MR) is 55.0 cm³/mol. The Bertz CT molecular complexity index is 345. The lowest BCUT2D eigenvalue weighted by Gasteiger charge is -2.28. The molecule has 0 spiro atoms. The molecule has 0 amide bonds. The van der Waals surface area contributed by atoms with Gasteiger partial charge in [0.15, 0.2) is 0 Å². The normalized spacial score (nSPS) is 16.4. The molecule has 1 heterocycles. The van der Waals surface area contributed by atoms with Crippen LogP contribution in [-0.4, -0.2) is 25.3 Å². The standard InChI is InChI=1S/C11H15NO2/c1-7-3-10(13)9(4-11(7)14-2)8-5-12-6-8/h3-4,8,12-13H,5-6H2,1-2H3. The van der Waals surface area contributed by atoms with Crippen molar-refractivity contribution in [3.63, 3.8) is 0 Å². The minimum Gasteiger partial charge on any atom is -0.508 e. The van der Waals surface area contributed by atoms with Gasteiger partial charge in [-0.1, -0.05) is 0 Å². The summed E-state index contributed by atoms with van der Waals surface area (Å²) in [6.07, 6.45) is 0. The van der Waals surface area contributed by atoms with E-state index in [-0.39, 0.29) is 0 Å². The molecule has 2 N–H and O–H groups in total. The molecule has 1 aliphatic rings. The van der Waals surface area contributed by atoms with Gasteiger partial charge >= 0.3 is 0 Å². The van der Waals surface area contributed by atoms with Gasteiger partial charge in [-0.2, -0.15) is 0 Å². The number of hydrogen-bond donors (Lipinski definition) is 2. The maximum Gasteiger partial charge on any atom is 0.122 e. The highest BCUT2D eigenvalue weighted by Gasteiger charge is 2.22. The van der Waals surface area contributed by atoms with E-state index in [1.54, 1.807) is 13.2 Å². The van der Waals surface area contributed by atoms with Gasteiger partial charge in [0.2, 0.25) is 0 Å². The van der Waals surface area contributed by atoms with Crippen LogP contribution in [0.3, 0.4) is 0 Å². The van der Waals surface area contributed by atoms with Crippen LogP contribution < -0.4 is 10.1 Å². The first-order chi connectivity index (χ1) is 6.72. The predicted octanol–water partition coefficient (Wildman–Crippen LogP) is 1.40. The fraction of sp³-hybridized carbons (Fsp3) is 0.455. The SMILES string of the molecule is COc1cc(C2CNC2)c(O)cc1C. The number of rotatable bonds is 2. The molecule has 0 aromatic heterocycles. The molecule has 1 saturated heterocycles. The van der Waals surface area contributed by atoms with Crippen LogP contribution in [0.4, 0.5) is 0 Å². The van der Waals surface area contributed by atoms with Gasteiger partial charge in [-0.05, 0) is 24.6 Å². The average Bonchev–Trinajstić information content (AvgIpc) is 2.06. The Balaban J connectivity index is 2.38. The molecule has 0 radical (unpaired) electrons. The molecule has 1 fully saturated rings. The summed E-state index contributed by atoms with van der Waals surface area (Å²) in [4.78, 5) is 0. The molecule has 2 rings (SSSR count). The van der Waals surface area contributed by atoms with Crippen LogP contribution in [-0.2, 0) is 0 Å². The molecule has 1 aliphatic heterocycles. The van der Waals surface area contributed by atoms with Gasteiger partial charge in [-0.15, -0.1) is 0 Å². The van der Waals surface area contributed by atoms with Crippen molar-refractivity contribution in [1.29, 1.82) is 0 Å². The lowest BCUT2D eigenvalue weighted by Crippen LogP contribution is -2.39. The molecule has 0 bridgehead atoms. The summed E-state index contributed by atoms with van der Waals surface area (Å²) >= 11 is 0. The highest BCUT2D eigenvalue weighted by molar-refractivity contribution is 5.47. The van der Waals surface area contributed by atoms with Gasteiger partial charge in [0, 0.05) is 24.6 Å². The van der Waals surface area contributed by atoms with Crippen molar-refractivity contribution >= 4 is 0 Å². The van der Waals surface area contributed by atoms with Crippen molar-refractivity contribution in [2.24, 2.45) is 0 Å². The zero-order valence-corrected chi connectivity index (χ0v) is 8.50. The Morgan fingerprint density at radius 3 is 2.64 bits per heavy atom. The summed E-state index contributed by atoms with van der Waals surface area (Å²) in [6, 6.07) is 3.71. The van der Waals surface area contributed by atoms with Crippen molar-refractivity contribution in [2.45, 2.75) is 12.8 Å². The summed E-state index contributed by atoms with van der Waals surface area (Å²) in [5.41, 5.74) is 1.97. The molecule has 0 atom stereocenters. The zero-order chi connectivity index (χ0) is 10.1. The molecule has 1 aromatic rings. The van der Waals surface area contributed by atoms with E-state index in [0.717, 1.165) is 30.0 Å². The molecule has 0 aliphatic carbocycles. The van der Waals surface area contributed by atoms with E-state index in [2.05, 4.69) is 5.32 Å². The van der Waals surface area contributed by atoms with Crippen molar-refractivity contribution in [3.05, 3.63) is 23.3 Å². The zero-order valence-electron chi connectivity index (χ0n) is 8.50. The fourth-order valence-electron chi connectivity index (χ4n) is 1.74. The second-order valence-electron chi connectivity index (χ2n) is 3.74. The molecular weight excluding hydrogens is 178 g/mol. The molecule has 14 heavy (non-hydrogen) atoms. The molecule has 0 unspecified atom stereocenters. The Morgan fingerprint density at radius 2 is 2.14 bits per heavy atom. The number of phenols is 1. The number of nitrogens with one attached hydrogen (secondary N) is 1. The third-order valence-corrected chi connectivity index (χ3v) is 2.77. The minimum absolute atomic E-state index is 0.384. The molecule has 1 aromatic carbocycles. The number of methoxy groups -OCH3 is 1. The number of aromatic hydroxyl groups is 1. The third kappa shape index (κ3) is 1.44. The molecule has 3 nitrogen and oxygen atoms in total. The first-order valence-electron chi connectivity index (χ1n) is 4.80. The maximum atomic E-state index is 9.76. The van der Waals surface area contributed by atoms with E-state index in [0.29, 0.717) is 11.7 Å². The number of hydrogen-bond acceptors (Lipinski definition) is 3. The maximum absolute atomic E-state index is 9.76. The van der Waals surface area contributed by atoms with Gasteiger partial charge in [0.25, 0.3) is 0 Å². The quantitative estimate of drug-likeness (QED) is 0.746. The van der Waals surface area contributed by atoms with Crippen LogP contribution in [0.5, 0.6) is 11.5 Å². The van der Waals surface area contributed by atoms with Crippen LogP contribution in [0.15, 0.2) is 12.1 Å². The van der Waals surface area contributed by atoms with Crippen LogP contribution >= 0.6 is 0 Å². The van der Waals surface area contributed by atoms with E-state index in [4.69, 9.17) is 4.74 Å². The van der Waals surface area contributed by atoms with Crippen LogP contribution in [0, 0.1) is 6.92 Å². The van der Waals surface area contributed by atoms with Crippen LogP contribution in [0.2, 0.25) is 0 Å². The molecular formula is C11H15NO2. The van der Waals surface area contributed by atoms with Gasteiger partial charge in [0.05, 0.1) is 7.11 Å². The minimum atomic E-state index is 0.384. The fourth-order valence-corrected chi connectivity index (χ4v) is 1.74. The summed E-state index contributed by atoms with van der Waals surface area (Å²) in [5, 5.41) is 13.0. The lowest BCUT2D eigenvalue weighted by molar-refractivity contribution is 0.393. The van der Waals surface area contributed by atoms with Crippen molar-refractivity contribution in [1.82, 2.24) is 5.32 Å².